The van der Waals surface area contributed by atoms with Gasteiger partial charge < -0.3 is 0 Å². The minimum absolute atomic E-state index is 0.816. The normalized spacial score (nSPS) is 9.42. The van der Waals surface area contributed by atoms with Crippen LogP contribution in [-0.4, -0.2) is 220 Å². The van der Waals surface area contributed by atoms with Gasteiger partial charge in [-0.2, -0.15) is 0 Å². The Morgan fingerprint density at radius 3 is 0.645 bits per heavy atom. The van der Waals surface area contributed by atoms with Crippen molar-refractivity contribution in [1.82, 2.24) is 0 Å². The van der Waals surface area contributed by atoms with E-state index >= 15 is 0 Å². The molecule has 31 heavy (non-hydrogen) atoms. The maximum Gasteiger partial charge on any atom is 0 e. The summed E-state index contributed by atoms with van der Waals surface area (Å²) in [7, 11) is 98.1. The van der Waals surface area contributed by atoms with Gasteiger partial charge in [-0.1, -0.05) is 0 Å². The molecule has 0 bridgehead atoms. The highest BCUT2D eigenvalue weighted by atomic mass is 13.3. The van der Waals surface area contributed by atoms with Gasteiger partial charge in [0.25, 0.3) is 0 Å². The van der Waals surface area contributed by atoms with Crippen molar-refractivity contribution >= 4 is 220 Å². The Balaban J connectivity index is 7.23. The molecule has 93 valence electrons. The molecule has 0 heterocycles. The van der Waals surface area contributed by atoms with E-state index in [0.717, 1.165) is 0 Å². The number of hydrogen-bond acceptors (Lipinski definition) is 0. The van der Waals surface area contributed by atoms with E-state index in [1.807, 2.05) is 0 Å². The van der Waals surface area contributed by atoms with E-state index in [-0.39, 0.29) is 0 Å². The van der Waals surface area contributed by atoms with Gasteiger partial charge in [0, 0.05) is 220 Å². The van der Waals surface area contributed by atoms with Crippen LogP contribution in [0.4, 0.5) is 0 Å². The fraction of sp³-hybridized carbons (Fsp3) is 0. The van der Waals surface area contributed by atoms with E-state index in [4.69, 9.17) is 124 Å². The van der Waals surface area contributed by atoms with Crippen LogP contribution in [0.1, 0.15) is 0 Å². The third-order valence-corrected chi connectivity index (χ3v) is 6.00. The quantitative estimate of drug-likeness (QED) is 0.277. The Kier molecular flexibility index (Phi) is 16.2. The van der Waals surface area contributed by atoms with E-state index in [1.165, 1.54) is 7.06 Å². The average Bonchev–Trinajstić information content (AvgIpc) is 2.57. The summed E-state index contributed by atoms with van der Waals surface area (Å²) in [6.45, 7) is 0. The first-order valence-corrected chi connectivity index (χ1v) is 10.0. The summed E-state index contributed by atoms with van der Waals surface area (Å²) in [5.41, 5.74) is 0. The van der Waals surface area contributed by atoms with Crippen LogP contribution in [0.15, 0.2) is 0 Å². The van der Waals surface area contributed by atoms with Gasteiger partial charge in [-0.25, -0.2) is 0 Å². The van der Waals surface area contributed by atoms with Crippen molar-refractivity contribution in [3.05, 3.63) is 0 Å². The molecular formula is B31. The SMILES string of the molecule is [B][B]B([B])B(B([B])[B])B(B(B([B])[B])B([B])[B])B(B(B([B])[B])B([B])[B])B(B([B])[B])B([B])[B]. The standard InChI is InChI=1S/B31/c1-17-25(16)29(24(14)15)31(28(22(10)11)23(12)13)30(26(18(2)3)19(4)5)27(20(6)7)21(8)9. The minimum Gasteiger partial charge on any atom is 0 e. The molecule has 0 N–H and O–H groups in total. The molecule has 31 heteroatoms. The second-order valence-electron chi connectivity index (χ2n) is 8.28. The summed E-state index contributed by atoms with van der Waals surface area (Å²) in [5.74, 6) is 0. The fourth-order valence-electron chi connectivity index (χ4n) is 4.75. The van der Waals surface area contributed by atoms with Crippen LogP contribution in [0.25, 0.3) is 0 Å². The molecule has 0 fully saturated rings. The lowest BCUT2D eigenvalue weighted by Crippen LogP contribution is -2.89. The molecule has 0 aliphatic rings. The molecular weight excluding hydrogens is 335 g/mol. The molecule has 33 radical (unpaired) electrons. The predicted octanol–water partition coefficient (Wildman–Crippen LogP) is -11.8. The molecule has 0 atom stereocenters. The molecule has 0 spiro atoms. The van der Waals surface area contributed by atoms with Gasteiger partial charge in [0.1, 0.15) is 0 Å². The largest absolute Gasteiger partial charge is 0 e. The zero-order valence-electron chi connectivity index (χ0n) is 17.9. The molecule has 0 amide bonds. The first-order valence-electron chi connectivity index (χ1n) is 10.0. The molecule has 0 nitrogen and oxygen atoms in total. The minimum atomic E-state index is -1.07. The zero-order valence-corrected chi connectivity index (χ0v) is 17.9. The Bertz CT molecular complexity index is 409. The van der Waals surface area contributed by atoms with Crippen molar-refractivity contribution in [2.75, 3.05) is 0 Å². The molecule has 0 aliphatic carbocycles. The van der Waals surface area contributed by atoms with Gasteiger partial charge in [0.05, 0.1) is 0 Å². The van der Waals surface area contributed by atoms with Gasteiger partial charge in [-0.05, 0) is 0 Å². The van der Waals surface area contributed by atoms with Crippen LogP contribution in [0.3, 0.4) is 0 Å². The summed E-state index contributed by atoms with van der Waals surface area (Å²) in [5, 5.41) is 0. The monoisotopic (exact) mass is 341 g/mol. The summed E-state index contributed by atoms with van der Waals surface area (Å²) in [6, 6.07) is 0. The van der Waals surface area contributed by atoms with Gasteiger partial charge in [-0.15, -0.1) is 0 Å². The van der Waals surface area contributed by atoms with Crippen LogP contribution in [-0.2, 0) is 0 Å². The maximum absolute atomic E-state index is 6.25. The van der Waals surface area contributed by atoms with Gasteiger partial charge in [0.15, 0.2) is 0 Å². The van der Waals surface area contributed by atoms with E-state index in [1.54, 1.807) is 0 Å². The Labute approximate surface area is 219 Å². The molecule has 0 aromatic rings. The molecule has 0 aliphatic heterocycles. The lowest BCUT2D eigenvalue weighted by atomic mass is 8.31. The number of rotatable bonds is 14. The topological polar surface area (TPSA) is 0 Å². The van der Waals surface area contributed by atoms with Crippen molar-refractivity contribution in [3.8, 4) is 0 Å². The van der Waals surface area contributed by atoms with Crippen molar-refractivity contribution in [3.63, 3.8) is 0 Å². The van der Waals surface area contributed by atoms with Crippen LogP contribution in [0.2, 0.25) is 0 Å². The Morgan fingerprint density at radius 1 is 0.290 bits per heavy atom. The van der Waals surface area contributed by atoms with E-state index < -0.39 is 89.4 Å². The van der Waals surface area contributed by atoms with Crippen LogP contribution in [0, 0.1) is 0 Å². The Hall–Kier alpha value is 2.01. The second-order valence-corrected chi connectivity index (χ2v) is 8.28. The predicted molar refractivity (Wildman–Crippen MR) is 178 cm³/mol. The zero-order chi connectivity index (χ0) is 24.8. The highest BCUT2D eigenvalue weighted by Gasteiger charge is 2.52. The smallest absolute Gasteiger partial charge is 0 e. The highest BCUT2D eigenvalue weighted by Crippen LogP contribution is 2.14. The summed E-state index contributed by atoms with van der Waals surface area (Å²) in [4.78, 5) is 0. The molecule has 0 saturated carbocycles. The summed E-state index contributed by atoms with van der Waals surface area (Å²) < 4.78 is 0. The van der Waals surface area contributed by atoms with Gasteiger partial charge in [-0.3, -0.25) is 0 Å². The van der Waals surface area contributed by atoms with Crippen LogP contribution < -0.4 is 0 Å². The fourth-order valence-corrected chi connectivity index (χ4v) is 4.75. The second kappa shape index (κ2) is 15.2. The third kappa shape index (κ3) is 9.19. The lowest BCUT2D eigenvalue weighted by molar-refractivity contribution is 3.25. The van der Waals surface area contributed by atoms with Crippen molar-refractivity contribution in [1.29, 1.82) is 0 Å². The lowest BCUT2D eigenvalue weighted by Gasteiger charge is -2.50. The molecule has 0 aromatic carbocycles. The van der Waals surface area contributed by atoms with E-state index in [9.17, 15) is 0 Å². The molecule has 0 aromatic heterocycles. The first-order chi connectivity index (χ1) is 14.1. The Morgan fingerprint density at radius 2 is 0.484 bits per heavy atom. The van der Waals surface area contributed by atoms with Gasteiger partial charge >= 0.3 is 0 Å². The van der Waals surface area contributed by atoms with Crippen molar-refractivity contribution in [2.24, 2.45) is 0 Å². The highest BCUT2D eigenvalue weighted by molar-refractivity contribution is 8.28. The molecule has 0 saturated heterocycles. The molecule has 0 rings (SSSR count). The van der Waals surface area contributed by atoms with Crippen LogP contribution >= 0.6 is 0 Å². The summed E-state index contributed by atoms with van der Waals surface area (Å²) >= 11 is 0. The first kappa shape index (κ1) is 33.0. The van der Waals surface area contributed by atoms with Crippen LogP contribution in [0.5, 0.6) is 0 Å². The molecule has 0 unspecified atom stereocenters. The average molecular weight is 335 g/mol. The van der Waals surface area contributed by atoms with Gasteiger partial charge in [0.2, 0.25) is 0 Å². The number of hydrogen-bond donors (Lipinski definition) is 0. The van der Waals surface area contributed by atoms with E-state index in [0.29, 0.717) is 0 Å². The third-order valence-electron chi connectivity index (χ3n) is 6.00. The van der Waals surface area contributed by atoms with Crippen molar-refractivity contribution in [2.45, 2.75) is 0 Å². The summed E-state index contributed by atoms with van der Waals surface area (Å²) in [6.07, 6.45) is -13.4. The van der Waals surface area contributed by atoms with E-state index in [2.05, 4.69) is 0 Å². The maximum atomic E-state index is 6.25. The van der Waals surface area contributed by atoms with Crippen molar-refractivity contribution < 1.29 is 0 Å².